The van der Waals surface area contributed by atoms with Crippen LogP contribution in [0.3, 0.4) is 0 Å². The van der Waals surface area contributed by atoms with Crippen molar-refractivity contribution >= 4 is 17.6 Å². The summed E-state index contributed by atoms with van der Waals surface area (Å²) in [4.78, 5) is 22.3. The van der Waals surface area contributed by atoms with Gasteiger partial charge in [-0.25, -0.2) is 0 Å². The number of carbonyl (C=O) groups excluding carboxylic acids is 1. The van der Waals surface area contributed by atoms with Gasteiger partial charge in [0.05, 0.1) is 13.0 Å². The minimum atomic E-state index is -0.996. The van der Waals surface area contributed by atoms with Crippen LogP contribution in [0.1, 0.15) is 17.9 Å². The number of hydrogen-bond donors (Lipinski definition) is 2. The normalized spacial score (nSPS) is 18.6. The fourth-order valence-electron chi connectivity index (χ4n) is 1.79. The molecule has 0 unspecified atom stereocenters. The predicted octanol–water partition coefficient (Wildman–Crippen LogP) is 1.21. The highest BCUT2D eigenvalue weighted by Gasteiger charge is 2.30. The number of methoxy groups -OCH3 is 1. The van der Waals surface area contributed by atoms with Gasteiger partial charge in [0.25, 0.3) is 0 Å². The largest absolute Gasteiger partial charge is 0.497 e. The molecule has 1 atom stereocenters. The molecule has 0 saturated carbocycles. The number of nitrogens with one attached hydrogen (secondary N) is 1. The van der Waals surface area contributed by atoms with Gasteiger partial charge >= 0.3 is 5.97 Å². The SMILES string of the molecule is COc1ccc2c(c1)[C@@H](C(=O)O)CC(=O)N2. The van der Waals surface area contributed by atoms with Gasteiger partial charge in [0, 0.05) is 12.1 Å². The Hall–Kier alpha value is -2.04. The number of ether oxygens (including phenoxy) is 1. The Labute approximate surface area is 92.0 Å². The number of carboxylic acids is 1. The minimum absolute atomic E-state index is 0.0322. The van der Waals surface area contributed by atoms with Crippen molar-refractivity contribution in [3.05, 3.63) is 23.8 Å². The molecule has 1 aliphatic heterocycles. The molecule has 84 valence electrons. The van der Waals surface area contributed by atoms with Gasteiger partial charge < -0.3 is 15.2 Å². The third-order valence-electron chi connectivity index (χ3n) is 2.60. The number of rotatable bonds is 2. The number of aliphatic carboxylic acids is 1. The van der Waals surface area contributed by atoms with E-state index in [9.17, 15) is 9.59 Å². The number of hydrogen-bond acceptors (Lipinski definition) is 3. The first-order chi connectivity index (χ1) is 7.61. The Morgan fingerprint density at radius 2 is 2.31 bits per heavy atom. The molecule has 1 aromatic carbocycles. The number of benzene rings is 1. The second-order valence-electron chi connectivity index (χ2n) is 3.60. The lowest BCUT2D eigenvalue weighted by Gasteiger charge is -2.22. The van der Waals surface area contributed by atoms with E-state index < -0.39 is 11.9 Å². The molecule has 5 heteroatoms. The highest BCUT2D eigenvalue weighted by Crippen LogP contribution is 2.34. The lowest BCUT2D eigenvalue weighted by Crippen LogP contribution is -2.27. The summed E-state index contributed by atoms with van der Waals surface area (Å²) in [6.45, 7) is 0. The number of carbonyl (C=O) groups is 2. The van der Waals surface area contributed by atoms with Crippen molar-refractivity contribution in [1.82, 2.24) is 0 Å². The molecule has 0 fully saturated rings. The van der Waals surface area contributed by atoms with Crippen molar-refractivity contribution in [2.75, 3.05) is 12.4 Å². The van der Waals surface area contributed by atoms with Crippen LogP contribution >= 0.6 is 0 Å². The maximum absolute atomic E-state index is 11.3. The van der Waals surface area contributed by atoms with Crippen molar-refractivity contribution in [2.45, 2.75) is 12.3 Å². The molecule has 1 heterocycles. The Bertz CT molecular complexity index is 455. The fraction of sp³-hybridized carbons (Fsp3) is 0.273. The monoisotopic (exact) mass is 221 g/mol. The van der Waals surface area contributed by atoms with Crippen LogP contribution in [0.15, 0.2) is 18.2 Å². The summed E-state index contributed by atoms with van der Waals surface area (Å²) in [5.41, 5.74) is 1.14. The quantitative estimate of drug-likeness (QED) is 0.786. The van der Waals surface area contributed by atoms with Gasteiger partial charge in [-0.15, -0.1) is 0 Å². The summed E-state index contributed by atoms with van der Waals surface area (Å²) in [6, 6.07) is 4.98. The van der Waals surface area contributed by atoms with Crippen LogP contribution in [0, 0.1) is 0 Å². The zero-order chi connectivity index (χ0) is 11.7. The second kappa shape index (κ2) is 3.84. The minimum Gasteiger partial charge on any atom is -0.497 e. The Balaban J connectivity index is 2.49. The molecule has 0 bridgehead atoms. The molecular formula is C11H11NO4. The van der Waals surface area contributed by atoms with E-state index in [1.165, 1.54) is 7.11 Å². The molecule has 16 heavy (non-hydrogen) atoms. The number of fused-ring (bicyclic) bond motifs is 1. The molecule has 0 aliphatic carbocycles. The lowest BCUT2D eigenvalue weighted by molar-refractivity contribution is -0.140. The molecular weight excluding hydrogens is 210 g/mol. The lowest BCUT2D eigenvalue weighted by atomic mass is 9.90. The van der Waals surface area contributed by atoms with Gasteiger partial charge in [-0.05, 0) is 23.8 Å². The summed E-state index contributed by atoms with van der Waals surface area (Å²) < 4.78 is 5.03. The Morgan fingerprint density at radius 1 is 1.56 bits per heavy atom. The van der Waals surface area contributed by atoms with E-state index in [0.29, 0.717) is 17.0 Å². The highest BCUT2D eigenvalue weighted by atomic mass is 16.5. The van der Waals surface area contributed by atoms with Crippen LogP contribution in [0.2, 0.25) is 0 Å². The van der Waals surface area contributed by atoms with Gasteiger partial charge in [-0.1, -0.05) is 0 Å². The second-order valence-corrected chi connectivity index (χ2v) is 3.60. The molecule has 1 aliphatic rings. The molecule has 2 N–H and O–H groups in total. The molecule has 0 aromatic heterocycles. The van der Waals surface area contributed by atoms with Crippen molar-refractivity contribution < 1.29 is 19.4 Å². The maximum Gasteiger partial charge on any atom is 0.311 e. The average molecular weight is 221 g/mol. The number of anilines is 1. The Morgan fingerprint density at radius 3 is 2.94 bits per heavy atom. The summed E-state index contributed by atoms with van der Waals surface area (Å²) in [6.07, 6.45) is -0.0322. The maximum atomic E-state index is 11.3. The molecule has 1 amide bonds. The Kier molecular flexibility index (Phi) is 2.52. The third kappa shape index (κ3) is 1.71. The van der Waals surface area contributed by atoms with Crippen LogP contribution in [0.25, 0.3) is 0 Å². The van der Waals surface area contributed by atoms with Gasteiger partial charge in [-0.3, -0.25) is 9.59 Å². The van der Waals surface area contributed by atoms with Crippen LogP contribution < -0.4 is 10.1 Å². The summed E-state index contributed by atoms with van der Waals surface area (Å²) in [5, 5.41) is 11.7. The van der Waals surface area contributed by atoms with Crippen molar-refractivity contribution in [2.24, 2.45) is 0 Å². The van der Waals surface area contributed by atoms with Crippen LogP contribution in [0.5, 0.6) is 5.75 Å². The summed E-state index contributed by atoms with van der Waals surface area (Å²) in [5.74, 6) is -1.48. The molecule has 1 aromatic rings. The van der Waals surface area contributed by atoms with Gasteiger partial charge in [0.2, 0.25) is 5.91 Å². The van der Waals surface area contributed by atoms with E-state index in [1.54, 1.807) is 18.2 Å². The van der Waals surface area contributed by atoms with Gasteiger partial charge in [0.15, 0.2) is 0 Å². The molecule has 0 spiro atoms. The van der Waals surface area contributed by atoms with E-state index in [2.05, 4.69) is 5.32 Å². The van der Waals surface area contributed by atoms with E-state index in [-0.39, 0.29) is 12.3 Å². The van der Waals surface area contributed by atoms with E-state index in [4.69, 9.17) is 9.84 Å². The van der Waals surface area contributed by atoms with Crippen LogP contribution in [-0.2, 0) is 9.59 Å². The summed E-state index contributed by atoms with van der Waals surface area (Å²) in [7, 11) is 1.51. The third-order valence-corrected chi connectivity index (χ3v) is 2.60. The molecule has 0 radical (unpaired) electrons. The zero-order valence-electron chi connectivity index (χ0n) is 8.69. The van der Waals surface area contributed by atoms with E-state index >= 15 is 0 Å². The van der Waals surface area contributed by atoms with E-state index in [0.717, 1.165) is 0 Å². The van der Waals surface area contributed by atoms with Gasteiger partial charge in [-0.2, -0.15) is 0 Å². The first kappa shape index (κ1) is 10.5. The van der Waals surface area contributed by atoms with E-state index in [1.807, 2.05) is 0 Å². The van der Waals surface area contributed by atoms with Crippen molar-refractivity contribution in [3.8, 4) is 5.75 Å². The number of carboxylic acid groups (broad SMARTS) is 1. The predicted molar refractivity (Wildman–Crippen MR) is 56.6 cm³/mol. The zero-order valence-corrected chi connectivity index (χ0v) is 8.69. The molecule has 0 saturated heterocycles. The first-order valence-electron chi connectivity index (χ1n) is 4.82. The fourth-order valence-corrected chi connectivity index (χ4v) is 1.79. The summed E-state index contributed by atoms with van der Waals surface area (Å²) >= 11 is 0. The van der Waals surface area contributed by atoms with Crippen molar-refractivity contribution in [3.63, 3.8) is 0 Å². The topological polar surface area (TPSA) is 75.6 Å². The average Bonchev–Trinajstić information content (AvgIpc) is 2.27. The smallest absolute Gasteiger partial charge is 0.311 e. The first-order valence-corrected chi connectivity index (χ1v) is 4.82. The van der Waals surface area contributed by atoms with Crippen LogP contribution in [-0.4, -0.2) is 24.1 Å². The van der Waals surface area contributed by atoms with Gasteiger partial charge in [0.1, 0.15) is 5.75 Å². The highest BCUT2D eigenvalue weighted by molar-refractivity contribution is 5.99. The molecule has 2 rings (SSSR count). The number of amides is 1. The standard InChI is InChI=1S/C11H11NO4/c1-16-6-2-3-9-7(4-6)8(11(14)15)5-10(13)12-9/h2-4,8H,5H2,1H3,(H,12,13)(H,14,15)/t8-/m0/s1. The van der Waals surface area contributed by atoms with Crippen molar-refractivity contribution in [1.29, 1.82) is 0 Å². The molecule has 5 nitrogen and oxygen atoms in total. The van der Waals surface area contributed by atoms with Crippen LogP contribution in [0.4, 0.5) is 5.69 Å².